The molecule has 2 aromatic rings. The van der Waals surface area contributed by atoms with E-state index >= 15 is 0 Å². The van der Waals surface area contributed by atoms with Crippen molar-refractivity contribution < 1.29 is 9.59 Å². The number of likely N-dealkylation sites (N-methyl/N-ethyl adjacent to an activating group) is 1. The Bertz CT molecular complexity index is 1210. The summed E-state index contributed by atoms with van der Waals surface area (Å²) in [5, 5.41) is 7.25. The first-order valence-corrected chi connectivity index (χ1v) is 13.6. The fourth-order valence-electron chi connectivity index (χ4n) is 4.48. The second-order valence-electron chi connectivity index (χ2n) is 8.83. The summed E-state index contributed by atoms with van der Waals surface area (Å²) in [7, 11) is 0. The number of fused-ring (bicyclic) bond motifs is 1. The lowest BCUT2D eigenvalue weighted by atomic mass is 9.93. The van der Waals surface area contributed by atoms with Gasteiger partial charge in [-0.3, -0.25) is 4.79 Å². The molecule has 2 aliphatic heterocycles. The smallest absolute Gasteiger partial charge is 0.323 e. The Morgan fingerprint density at radius 3 is 2.42 bits per heavy atom. The molecule has 1 saturated heterocycles. The van der Waals surface area contributed by atoms with Crippen molar-refractivity contribution in [2.45, 2.75) is 40.2 Å². The number of amidine groups is 1. The Morgan fingerprint density at radius 2 is 1.75 bits per heavy atom. The number of aryl methyl sites for hydroxylation is 1. The first-order chi connectivity index (χ1) is 17.3. The molecule has 2 N–H and O–H groups in total. The number of anilines is 2. The van der Waals surface area contributed by atoms with Crippen molar-refractivity contribution >= 4 is 51.8 Å². The second-order valence-corrected chi connectivity index (χ2v) is 10.3. The zero-order valence-corrected chi connectivity index (χ0v) is 22.7. The highest BCUT2D eigenvalue weighted by Crippen LogP contribution is 2.40. The lowest BCUT2D eigenvalue weighted by molar-refractivity contribution is -0.127. The minimum absolute atomic E-state index is 0.0270. The molecule has 190 valence electrons. The van der Waals surface area contributed by atoms with E-state index in [1.54, 1.807) is 17.8 Å². The number of benzene rings is 2. The minimum atomic E-state index is -0.352. The van der Waals surface area contributed by atoms with Gasteiger partial charge in [-0.1, -0.05) is 41.6 Å². The van der Waals surface area contributed by atoms with E-state index in [9.17, 15) is 9.59 Å². The molecule has 0 spiro atoms. The number of nitrogens with zero attached hydrogens (tertiary/aromatic N) is 3. The minimum Gasteiger partial charge on any atom is -0.340 e. The van der Waals surface area contributed by atoms with Crippen molar-refractivity contribution in [2.24, 2.45) is 4.99 Å². The average Bonchev–Trinajstić information content (AvgIpc) is 2.86. The van der Waals surface area contributed by atoms with E-state index in [4.69, 9.17) is 16.6 Å². The van der Waals surface area contributed by atoms with Crippen LogP contribution in [0.4, 0.5) is 16.2 Å². The van der Waals surface area contributed by atoms with Crippen LogP contribution in [-0.2, 0) is 4.79 Å². The molecule has 4 rings (SSSR count). The standard InChI is InChI=1S/C27H32ClN5O2S/c1-5-32(6-2)25(34)23-18(4)29-27-33(14-7-15-36-27)24(23)19-9-12-20(13-10-19)30-26(35)31-21-11-8-17(3)22(28)16-21/h8-13,16,24H,5-7,14-15H2,1-4H3,(H2,30,31,35). The number of carbonyl (C=O) groups excluding carboxylic acids is 2. The van der Waals surface area contributed by atoms with Gasteiger partial charge in [0, 0.05) is 41.8 Å². The van der Waals surface area contributed by atoms with Gasteiger partial charge in [0.1, 0.15) is 0 Å². The molecule has 2 aromatic carbocycles. The molecule has 3 amide bonds. The van der Waals surface area contributed by atoms with Gasteiger partial charge in [-0.15, -0.1) is 0 Å². The molecular formula is C27H32ClN5O2S. The molecule has 1 fully saturated rings. The van der Waals surface area contributed by atoms with Crippen molar-refractivity contribution in [3.8, 4) is 0 Å². The number of allylic oxidation sites excluding steroid dienone is 1. The molecule has 0 aliphatic carbocycles. The molecule has 7 nitrogen and oxygen atoms in total. The summed E-state index contributed by atoms with van der Waals surface area (Å²) in [6.07, 6.45) is 1.04. The second kappa shape index (κ2) is 11.4. The molecule has 2 heterocycles. The number of thioether (sulfide) groups is 1. The summed E-state index contributed by atoms with van der Waals surface area (Å²) in [5.74, 6) is 1.05. The largest absolute Gasteiger partial charge is 0.340 e. The predicted molar refractivity (Wildman–Crippen MR) is 150 cm³/mol. The maximum atomic E-state index is 13.6. The first-order valence-electron chi connectivity index (χ1n) is 12.2. The highest BCUT2D eigenvalue weighted by molar-refractivity contribution is 8.13. The van der Waals surface area contributed by atoms with E-state index in [1.165, 1.54) is 0 Å². The molecule has 0 aromatic heterocycles. The number of hydrogen-bond acceptors (Lipinski definition) is 5. The Hall–Kier alpha value is -2.97. The highest BCUT2D eigenvalue weighted by Gasteiger charge is 2.38. The number of nitrogens with one attached hydrogen (secondary N) is 2. The van der Waals surface area contributed by atoms with Crippen molar-refractivity contribution in [3.63, 3.8) is 0 Å². The molecule has 0 saturated carbocycles. The highest BCUT2D eigenvalue weighted by atomic mass is 35.5. The van der Waals surface area contributed by atoms with Crippen LogP contribution in [0, 0.1) is 6.92 Å². The Morgan fingerprint density at radius 1 is 1.08 bits per heavy atom. The number of halogens is 1. The van der Waals surface area contributed by atoms with Gasteiger partial charge in [0.05, 0.1) is 17.3 Å². The van der Waals surface area contributed by atoms with Gasteiger partial charge >= 0.3 is 6.03 Å². The molecule has 0 bridgehead atoms. The third-order valence-corrected chi connectivity index (χ3v) is 7.94. The number of hydrogen-bond donors (Lipinski definition) is 2. The fourth-order valence-corrected chi connectivity index (χ4v) is 5.68. The van der Waals surface area contributed by atoms with Gasteiger partial charge < -0.3 is 20.4 Å². The van der Waals surface area contributed by atoms with Crippen molar-refractivity contribution in [2.75, 3.05) is 36.0 Å². The Balaban J connectivity index is 1.57. The van der Waals surface area contributed by atoms with E-state index in [-0.39, 0.29) is 18.0 Å². The summed E-state index contributed by atoms with van der Waals surface area (Å²) in [4.78, 5) is 35.0. The quantitative estimate of drug-likeness (QED) is 0.465. The van der Waals surface area contributed by atoms with Crippen LogP contribution in [0.5, 0.6) is 0 Å². The summed E-state index contributed by atoms with van der Waals surface area (Å²) >= 11 is 7.90. The van der Waals surface area contributed by atoms with E-state index in [2.05, 4.69) is 15.5 Å². The van der Waals surface area contributed by atoms with Crippen LogP contribution in [0.1, 0.15) is 44.4 Å². The van der Waals surface area contributed by atoms with Crippen LogP contribution < -0.4 is 10.6 Å². The SMILES string of the molecule is CCN(CC)C(=O)C1=C(C)N=C2SCCCN2C1c1ccc(NC(=O)Nc2ccc(C)c(Cl)c2)cc1. The van der Waals surface area contributed by atoms with Crippen LogP contribution in [0.3, 0.4) is 0 Å². The number of amides is 3. The van der Waals surface area contributed by atoms with Gasteiger partial charge in [-0.25, -0.2) is 9.79 Å². The maximum absolute atomic E-state index is 13.6. The van der Waals surface area contributed by atoms with Crippen LogP contribution in [0.15, 0.2) is 58.7 Å². The lowest BCUT2D eigenvalue weighted by Crippen LogP contribution is -2.45. The van der Waals surface area contributed by atoms with Crippen LogP contribution in [0.2, 0.25) is 5.02 Å². The van der Waals surface area contributed by atoms with Gasteiger partial charge in [0.2, 0.25) is 0 Å². The van der Waals surface area contributed by atoms with Crippen molar-refractivity contribution in [1.82, 2.24) is 9.80 Å². The first kappa shape index (κ1) is 26.1. The Kier molecular flexibility index (Phi) is 8.26. The molecule has 1 atom stereocenters. The van der Waals surface area contributed by atoms with Gasteiger partial charge in [0.25, 0.3) is 5.91 Å². The monoisotopic (exact) mass is 525 g/mol. The summed E-state index contributed by atoms with van der Waals surface area (Å²) in [6, 6.07) is 12.5. The molecule has 9 heteroatoms. The van der Waals surface area contributed by atoms with Gasteiger partial charge in [0.15, 0.2) is 5.17 Å². The van der Waals surface area contributed by atoms with Crippen molar-refractivity contribution in [1.29, 1.82) is 0 Å². The predicted octanol–water partition coefficient (Wildman–Crippen LogP) is 6.28. The zero-order chi connectivity index (χ0) is 25.8. The zero-order valence-electron chi connectivity index (χ0n) is 21.1. The van der Waals surface area contributed by atoms with E-state index in [1.807, 2.05) is 69.0 Å². The molecule has 2 aliphatic rings. The van der Waals surface area contributed by atoms with Crippen molar-refractivity contribution in [3.05, 3.63) is 69.9 Å². The molecule has 1 unspecified atom stereocenters. The number of aliphatic imine (C=N–C) groups is 1. The summed E-state index contributed by atoms with van der Waals surface area (Å²) in [6.45, 7) is 9.98. The topological polar surface area (TPSA) is 77.0 Å². The molecular weight excluding hydrogens is 494 g/mol. The van der Waals surface area contributed by atoms with Crippen LogP contribution in [0.25, 0.3) is 0 Å². The van der Waals surface area contributed by atoms with Gasteiger partial charge in [-0.2, -0.15) is 0 Å². The van der Waals surface area contributed by atoms with E-state index in [0.717, 1.165) is 46.3 Å². The van der Waals surface area contributed by atoms with Crippen LogP contribution in [-0.4, -0.2) is 52.3 Å². The summed E-state index contributed by atoms with van der Waals surface area (Å²) in [5.41, 5.74) is 4.72. The normalized spacial score (nSPS) is 17.3. The number of carbonyl (C=O) groups is 2. The molecule has 0 radical (unpaired) electrons. The third-order valence-electron chi connectivity index (χ3n) is 6.45. The van der Waals surface area contributed by atoms with Gasteiger partial charge in [-0.05, 0) is 69.5 Å². The average molecular weight is 526 g/mol. The maximum Gasteiger partial charge on any atom is 0.323 e. The number of rotatable bonds is 6. The Labute approximate surface area is 222 Å². The fraction of sp³-hybridized carbons (Fsp3) is 0.370. The van der Waals surface area contributed by atoms with Crippen LogP contribution >= 0.6 is 23.4 Å². The molecule has 36 heavy (non-hydrogen) atoms. The third kappa shape index (κ3) is 5.55. The number of urea groups is 1. The summed E-state index contributed by atoms with van der Waals surface area (Å²) < 4.78 is 0. The lowest BCUT2D eigenvalue weighted by Gasteiger charge is -2.41. The van der Waals surface area contributed by atoms with E-state index in [0.29, 0.717) is 29.5 Å². The van der Waals surface area contributed by atoms with E-state index < -0.39 is 0 Å².